The van der Waals surface area contributed by atoms with Gasteiger partial charge in [0, 0.05) is 17.0 Å². The van der Waals surface area contributed by atoms with E-state index < -0.39 is 0 Å². The summed E-state index contributed by atoms with van der Waals surface area (Å²) in [5.74, 6) is 1.16. The molecule has 108 valence electrons. The Balaban J connectivity index is 0.00000324. The highest BCUT2D eigenvalue weighted by atomic mass is 35.5. The summed E-state index contributed by atoms with van der Waals surface area (Å²) >= 11 is 1.48. The molecule has 1 aromatic rings. The lowest BCUT2D eigenvalue weighted by Crippen LogP contribution is -2.45. The molecule has 0 aliphatic heterocycles. The zero-order valence-electron chi connectivity index (χ0n) is 11.4. The van der Waals surface area contributed by atoms with Crippen molar-refractivity contribution in [2.75, 3.05) is 19.4 Å². The predicted molar refractivity (Wildman–Crippen MR) is 82.2 cm³/mol. The van der Waals surface area contributed by atoms with Crippen molar-refractivity contribution in [3.05, 3.63) is 24.3 Å². The molecule has 0 saturated heterocycles. The molecule has 0 aliphatic carbocycles. The van der Waals surface area contributed by atoms with Crippen molar-refractivity contribution in [2.45, 2.75) is 24.3 Å². The van der Waals surface area contributed by atoms with Crippen molar-refractivity contribution in [1.29, 1.82) is 0 Å². The monoisotopic (exact) mass is 304 g/mol. The Morgan fingerprint density at radius 1 is 1.47 bits per heavy atom. The van der Waals surface area contributed by atoms with E-state index in [9.17, 15) is 4.79 Å². The molecule has 0 radical (unpaired) electrons. The first-order valence-electron chi connectivity index (χ1n) is 5.73. The lowest BCUT2D eigenvalue weighted by molar-refractivity contribution is -0.118. The fraction of sp³-hybridized carbons (Fsp3) is 0.462. The quantitative estimate of drug-likeness (QED) is 0.790. The second-order valence-corrected chi connectivity index (χ2v) is 5.78. The second kappa shape index (κ2) is 8.30. The van der Waals surface area contributed by atoms with Gasteiger partial charge in [-0.2, -0.15) is 0 Å². The number of carbonyl (C=O) groups is 1. The van der Waals surface area contributed by atoms with Gasteiger partial charge in [-0.15, -0.1) is 24.2 Å². The molecule has 0 aliphatic rings. The number of carbonyl (C=O) groups excluding carboxylic acids is 1. The molecule has 0 unspecified atom stereocenters. The normalized spacial score (nSPS) is 10.5. The average molecular weight is 305 g/mol. The highest BCUT2D eigenvalue weighted by Crippen LogP contribution is 2.22. The fourth-order valence-electron chi connectivity index (χ4n) is 1.22. The molecule has 0 atom stereocenters. The summed E-state index contributed by atoms with van der Waals surface area (Å²) in [7, 11) is 1.62. The van der Waals surface area contributed by atoms with Crippen LogP contribution >= 0.6 is 24.2 Å². The molecular weight excluding hydrogens is 284 g/mol. The van der Waals surface area contributed by atoms with E-state index in [-0.39, 0.29) is 23.9 Å². The van der Waals surface area contributed by atoms with E-state index in [1.54, 1.807) is 7.11 Å². The SMILES string of the molecule is COc1cccc(SCC(=O)NCC(C)(C)N)c1.Cl. The number of amides is 1. The first kappa shape index (κ1) is 18.1. The van der Waals surface area contributed by atoms with Crippen LogP contribution < -0.4 is 15.8 Å². The number of rotatable bonds is 6. The molecule has 3 N–H and O–H groups in total. The Kier molecular flexibility index (Phi) is 7.90. The van der Waals surface area contributed by atoms with E-state index in [0.29, 0.717) is 12.3 Å². The zero-order valence-corrected chi connectivity index (χ0v) is 13.1. The van der Waals surface area contributed by atoms with Gasteiger partial charge in [-0.25, -0.2) is 0 Å². The number of halogens is 1. The Bertz CT molecular complexity index is 408. The second-order valence-electron chi connectivity index (χ2n) is 4.73. The van der Waals surface area contributed by atoms with Crippen molar-refractivity contribution in [1.82, 2.24) is 5.32 Å². The van der Waals surface area contributed by atoms with Crippen molar-refractivity contribution in [3.63, 3.8) is 0 Å². The van der Waals surface area contributed by atoms with Gasteiger partial charge < -0.3 is 15.8 Å². The fourth-order valence-corrected chi connectivity index (χ4v) is 1.99. The van der Waals surface area contributed by atoms with Crippen LogP contribution in [0.1, 0.15) is 13.8 Å². The maximum absolute atomic E-state index is 11.6. The Morgan fingerprint density at radius 2 is 2.16 bits per heavy atom. The molecule has 0 spiro atoms. The summed E-state index contributed by atoms with van der Waals surface area (Å²) in [4.78, 5) is 12.6. The number of hydrogen-bond acceptors (Lipinski definition) is 4. The van der Waals surface area contributed by atoms with E-state index in [2.05, 4.69) is 5.32 Å². The van der Waals surface area contributed by atoms with Gasteiger partial charge in [-0.05, 0) is 32.0 Å². The lowest BCUT2D eigenvalue weighted by Gasteiger charge is -2.18. The van der Waals surface area contributed by atoms with Gasteiger partial charge in [-0.3, -0.25) is 4.79 Å². The third kappa shape index (κ3) is 7.97. The summed E-state index contributed by atoms with van der Waals surface area (Å²) < 4.78 is 5.12. The van der Waals surface area contributed by atoms with E-state index in [1.165, 1.54) is 11.8 Å². The third-order valence-corrected chi connectivity index (χ3v) is 3.15. The molecule has 0 heterocycles. The van der Waals surface area contributed by atoms with Crippen molar-refractivity contribution in [2.24, 2.45) is 5.73 Å². The van der Waals surface area contributed by atoms with Gasteiger partial charge in [-0.1, -0.05) is 6.07 Å². The van der Waals surface area contributed by atoms with Crippen molar-refractivity contribution >= 4 is 30.1 Å². The van der Waals surface area contributed by atoms with Crippen LogP contribution in [0.3, 0.4) is 0 Å². The van der Waals surface area contributed by atoms with E-state index >= 15 is 0 Å². The first-order valence-corrected chi connectivity index (χ1v) is 6.72. The van der Waals surface area contributed by atoms with Gasteiger partial charge in [0.2, 0.25) is 5.91 Å². The number of nitrogens with two attached hydrogens (primary N) is 1. The Morgan fingerprint density at radius 3 is 2.74 bits per heavy atom. The highest BCUT2D eigenvalue weighted by Gasteiger charge is 2.12. The smallest absolute Gasteiger partial charge is 0.230 e. The molecular formula is C13H21ClN2O2S. The molecule has 0 aromatic heterocycles. The summed E-state index contributed by atoms with van der Waals surface area (Å²) in [5, 5.41) is 2.81. The number of nitrogens with one attached hydrogen (secondary N) is 1. The topological polar surface area (TPSA) is 64.3 Å². The van der Waals surface area contributed by atoms with Crippen LogP contribution in [0, 0.1) is 0 Å². The minimum Gasteiger partial charge on any atom is -0.497 e. The predicted octanol–water partition coefficient (Wildman–Crippen LogP) is 2.06. The summed E-state index contributed by atoms with van der Waals surface area (Å²) in [6, 6.07) is 7.64. The van der Waals surface area contributed by atoms with Crippen molar-refractivity contribution < 1.29 is 9.53 Å². The maximum Gasteiger partial charge on any atom is 0.230 e. The van der Waals surface area contributed by atoms with Crippen molar-refractivity contribution in [3.8, 4) is 5.75 Å². The maximum atomic E-state index is 11.6. The first-order chi connectivity index (χ1) is 8.40. The Hall–Kier alpha value is -0.910. The van der Waals surface area contributed by atoms with Gasteiger partial charge in [0.25, 0.3) is 0 Å². The number of methoxy groups -OCH3 is 1. The van der Waals surface area contributed by atoms with Crippen LogP contribution in [0.25, 0.3) is 0 Å². The van der Waals surface area contributed by atoms with Gasteiger partial charge in [0.05, 0.1) is 12.9 Å². The highest BCUT2D eigenvalue weighted by molar-refractivity contribution is 8.00. The number of hydrogen-bond donors (Lipinski definition) is 2. The van der Waals surface area contributed by atoms with Gasteiger partial charge in [0.15, 0.2) is 0 Å². The van der Waals surface area contributed by atoms with Gasteiger partial charge in [0.1, 0.15) is 5.75 Å². The minimum absolute atomic E-state index is 0. The van der Waals surface area contributed by atoms with Gasteiger partial charge >= 0.3 is 0 Å². The molecule has 0 bridgehead atoms. The van der Waals surface area contributed by atoms with Crippen LogP contribution in [0.15, 0.2) is 29.2 Å². The van der Waals surface area contributed by atoms with Crippen LogP contribution in [-0.2, 0) is 4.79 Å². The molecule has 6 heteroatoms. The summed E-state index contributed by atoms with van der Waals surface area (Å²) in [6.07, 6.45) is 0. The molecule has 0 fully saturated rings. The van der Waals surface area contributed by atoms with Crippen LogP contribution in [0.2, 0.25) is 0 Å². The standard InChI is InChI=1S/C13H20N2O2S.ClH/c1-13(2,14)9-15-12(16)8-18-11-6-4-5-10(7-11)17-3;/h4-7H,8-9,14H2,1-3H3,(H,15,16);1H. The van der Waals surface area contributed by atoms with E-state index in [0.717, 1.165) is 10.6 Å². The van der Waals surface area contributed by atoms with Crippen LogP contribution in [0.5, 0.6) is 5.75 Å². The lowest BCUT2D eigenvalue weighted by atomic mass is 10.1. The molecule has 1 rings (SSSR count). The molecule has 19 heavy (non-hydrogen) atoms. The van der Waals surface area contributed by atoms with Crippen LogP contribution in [0.4, 0.5) is 0 Å². The number of benzene rings is 1. The van der Waals surface area contributed by atoms with E-state index in [4.69, 9.17) is 10.5 Å². The molecule has 1 amide bonds. The Labute approximate surface area is 124 Å². The zero-order chi connectivity index (χ0) is 13.6. The summed E-state index contributed by atoms with van der Waals surface area (Å²) in [6.45, 7) is 4.23. The van der Waals surface area contributed by atoms with Crippen LogP contribution in [-0.4, -0.2) is 30.9 Å². The minimum atomic E-state index is -0.379. The average Bonchev–Trinajstić information content (AvgIpc) is 2.33. The summed E-state index contributed by atoms with van der Waals surface area (Å²) in [5.41, 5.74) is 5.41. The van der Waals surface area contributed by atoms with E-state index in [1.807, 2.05) is 38.1 Å². The molecule has 4 nitrogen and oxygen atoms in total. The molecule has 0 saturated carbocycles. The largest absolute Gasteiger partial charge is 0.497 e. The molecule has 1 aromatic carbocycles. The number of thioether (sulfide) groups is 1. The third-order valence-electron chi connectivity index (χ3n) is 2.15. The number of ether oxygens (including phenoxy) is 1.